The first kappa shape index (κ1) is 18.1. The molecule has 3 aromatic rings. The third kappa shape index (κ3) is 3.45. The van der Waals surface area contributed by atoms with Gasteiger partial charge in [-0.15, -0.1) is 0 Å². The maximum absolute atomic E-state index is 14.7. The van der Waals surface area contributed by atoms with Crippen molar-refractivity contribution in [2.75, 3.05) is 23.4 Å². The average Bonchev–Trinajstić information content (AvgIpc) is 2.69. The van der Waals surface area contributed by atoms with Crippen molar-refractivity contribution in [2.24, 2.45) is 0 Å². The molecule has 6 nitrogen and oxygen atoms in total. The van der Waals surface area contributed by atoms with Crippen LogP contribution in [-0.4, -0.2) is 34.1 Å². The molecule has 0 saturated heterocycles. The van der Waals surface area contributed by atoms with Gasteiger partial charge in [-0.25, -0.2) is 23.7 Å². The number of nitrogens with zero attached hydrogens (tertiary/aromatic N) is 4. The van der Waals surface area contributed by atoms with Crippen LogP contribution in [0.3, 0.4) is 0 Å². The third-order valence-electron chi connectivity index (χ3n) is 4.46. The summed E-state index contributed by atoms with van der Waals surface area (Å²) in [4.78, 5) is 14.3. The fraction of sp³-hybridized carbons (Fsp3) is 0.250. The summed E-state index contributed by atoms with van der Waals surface area (Å²) < 4.78 is 34.7. The van der Waals surface area contributed by atoms with Gasteiger partial charge in [0.05, 0.1) is 18.4 Å². The maximum atomic E-state index is 14.7. The van der Waals surface area contributed by atoms with Crippen LogP contribution in [-0.2, 0) is 0 Å². The Kier molecular flexibility index (Phi) is 4.77. The van der Waals surface area contributed by atoms with Crippen molar-refractivity contribution in [1.82, 2.24) is 15.0 Å². The minimum atomic E-state index is -0.640. The number of rotatable bonds is 4. The fourth-order valence-corrected chi connectivity index (χ4v) is 3.16. The molecule has 1 N–H and O–H groups in total. The van der Waals surface area contributed by atoms with Gasteiger partial charge < -0.3 is 15.0 Å². The number of fused-ring (bicyclic) bond motifs is 1. The summed E-state index contributed by atoms with van der Waals surface area (Å²) in [5.74, 6) is -0.305. The van der Waals surface area contributed by atoms with Crippen molar-refractivity contribution in [3.8, 4) is 17.0 Å². The van der Waals surface area contributed by atoms with Crippen molar-refractivity contribution in [3.05, 3.63) is 54.4 Å². The van der Waals surface area contributed by atoms with Gasteiger partial charge in [-0.3, -0.25) is 0 Å². The smallest absolute Gasteiger partial charge is 0.229 e. The molecule has 0 atom stereocenters. The van der Waals surface area contributed by atoms with Crippen LogP contribution in [0.25, 0.3) is 11.3 Å². The molecule has 1 aliphatic rings. The first-order valence-corrected chi connectivity index (χ1v) is 8.97. The second kappa shape index (κ2) is 7.38. The van der Waals surface area contributed by atoms with Crippen molar-refractivity contribution < 1.29 is 13.5 Å². The monoisotopic (exact) mass is 383 g/mol. The predicted octanol–water partition coefficient (Wildman–Crippen LogP) is 4.17. The molecule has 28 heavy (non-hydrogen) atoms. The van der Waals surface area contributed by atoms with E-state index in [0.717, 1.165) is 6.20 Å². The fourth-order valence-electron chi connectivity index (χ4n) is 3.16. The van der Waals surface area contributed by atoms with E-state index in [4.69, 9.17) is 4.74 Å². The van der Waals surface area contributed by atoms with Crippen LogP contribution in [0.4, 0.5) is 26.2 Å². The SMILES string of the molecule is CC(C)N1CCOc2c(F)cc(-c3nc(Nc4ccccn4)ncc3F)cc21. The molecule has 0 saturated carbocycles. The molecule has 144 valence electrons. The molecule has 0 amide bonds. The van der Waals surface area contributed by atoms with E-state index in [-0.39, 0.29) is 23.4 Å². The van der Waals surface area contributed by atoms with Gasteiger partial charge in [0.25, 0.3) is 0 Å². The van der Waals surface area contributed by atoms with E-state index >= 15 is 0 Å². The lowest BCUT2D eigenvalue weighted by molar-refractivity contribution is 0.287. The van der Waals surface area contributed by atoms with Gasteiger partial charge in [0, 0.05) is 17.8 Å². The number of hydrogen-bond donors (Lipinski definition) is 1. The standard InChI is InChI=1S/C20H19F2N5O/c1-12(2)27-7-8-28-19-14(21)9-13(10-16(19)27)18-15(22)11-24-20(26-18)25-17-5-3-4-6-23-17/h3-6,9-12H,7-8H2,1-2H3,(H,23,24,25,26). The molecular formula is C20H19F2N5O. The zero-order valence-corrected chi connectivity index (χ0v) is 15.5. The van der Waals surface area contributed by atoms with Crippen LogP contribution in [0.1, 0.15) is 13.8 Å². The summed E-state index contributed by atoms with van der Waals surface area (Å²) >= 11 is 0. The summed E-state index contributed by atoms with van der Waals surface area (Å²) in [5, 5.41) is 2.92. The average molecular weight is 383 g/mol. The molecule has 1 aliphatic heterocycles. The topological polar surface area (TPSA) is 63.2 Å². The number of benzene rings is 1. The number of pyridine rings is 1. The van der Waals surface area contributed by atoms with Crippen molar-refractivity contribution >= 4 is 17.5 Å². The predicted molar refractivity (Wildman–Crippen MR) is 103 cm³/mol. The minimum absolute atomic E-state index is 0.00408. The second-order valence-corrected chi connectivity index (χ2v) is 6.67. The Bertz CT molecular complexity index is 997. The lowest BCUT2D eigenvalue weighted by Crippen LogP contribution is -2.38. The minimum Gasteiger partial charge on any atom is -0.486 e. The van der Waals surface area contributed by atoms with E-state index < -0.39 is 11.6 Å². The van der Waals surface area contributed by atoms with Crippen molar-refractivity contribution in [3.63, 3.8) is 0 Å². The summed E-state index contributed by atoms with van der Waals surface area (Å²) in [6.45, 7) is 5.06. The highest BCUT2D eigenvalue weighted by Crippen LogP contribution is 2.39. The van der Waals surface area contributed by atoms with Crippen LogP contribution in [0.15, 0.2) is 42.7 Å². The Morgan fingerprint density at radius 2 is 2.00 bits per heavy atom. The largest absolute Gasteiger partial charge is 0.486 e. The summed E-state index contributed by atoms with van der Waals surface area (Å²) in [6, 6.07) is 8.41. The summed E-state index contributed by atoms with van der Waals surface area (Å²) in [6.07, 6.45) is 2.67. The van der Waals surface area contributed by atoms with E-state index in [9.17, 15) is 8.78 Å². The second-order valence-electron chi connectivity index (χ2n) is 6.67. The lowest BCUT2D eigenvalue weighted by Gasteiger charge is -2.34. The zero-order valence-electron chi connectivity index (χ0n) is 15.5. The molecule has 0 bridgehead atoms. The first-order valence-electron chi connectivity index (χ1n) is 8.97. The number of anilines is 3. The molecule has 1 aromatic carbocycles. The van der Waals surface area contributed by atoms with Crippen LogP contribution in [0, 0.1) is 11.6 Å². The molecule has 8 heteroatoms. The summed E-state index contributed by atoms with van der Waals surface area (Å²) in [7, 11) is 0. The van der Waals surface area contributed by atoms with Gasteiger partial charge in [-0.2, -0.15) is 0 Å². The highest BCUT2D eigenvalue weighted by atomic mass is 19.1. The van der Waals surface area contributed by atoms with Gasteiger partial charge in [0.15, 0.2) is 17.4 Å². The highest BCUT2D eigenvalue weighted by Gasteiger charge is 2.25. The molecule has 0 fully saturated rings. The van der Waals surface area contributed by atoms with Gasteiger partial charge >= 0.3 is 0 Å². The lowest BCUT2D eigenvalue weighted by atomic mass is 10.1. The van der Waals surface area contributed by atoms with Crippen LogP contribution >= 0.6 is 0 Å². The Morgan fingerprint density at radius 3 is 2.75 bits per heavy atom. The Hall–Kier alpha value is -3.29. The van der Waals surface area contributed by atoms with E-state index in [1.54, 1.807) is 30.5 Å². The Morgan fingerprint density at radius 1 is 1.14 bits per heavy atom. The molecule has 0 spiro atoms. The molecule has 0 aliphatic carbocycles. The van der Waals surface area contributed by atoms with E-state index in [0.29, 0.717) is 30.2 Å². The molecule has 4 rings (SSSR count). The number of aromatic nitrogens is 3. The number of ether oxygens (including phenoxy) is 1. The van der Waals surface area contributed by atoms with Gasteiger partial charge in [-0.05, 0) is 38.1 Å². The van der Waals surface area contributed by atoms with E-state index in [2.05, 4.69) is 20.3 Å². The number of hydrogen-bond acceptors (Lipinski definition) is 6. The van der Waals surface area contributed by atoms with Gasteiger partial charge in [0.2, 0.25) is 5.95 Å². The third-order valence-corrected chi connectivity index (χ3v) is 4.46. The van der Waals surface area contributed by atoms with E-state index in [1.807, 2.05) is 18.7 Å². The normalized spacial score (nSPS) is 13.2. The van der Waals surface area contributed by atoms with Crippen LogP contribution < -0.4 is 15.0 Å². The maximum Gasteiger partial charge on any atom is 0.229 e. The molecular weight excluding hydrogens is 364 g/mol. The number of nitrogens with one attached hydrogen (secondary N) is 1. The van der Waals surface area contributed by atoms with Gasteiger partial charge in [-0.1, -0.05) is 6.07 Å². The van der Waals surface area contributed by atoms with Crippen LogP contribution in [0.2, 0.25) is 0 Å². The molecule has 0 unspecified atom stereocenters. The zero-order chi connectivity index (χ0) is 19.7. The molecule has 0 radical (unpaired) electrons. The van der Waals surface area contributed by atoms with Gasteiger partial charge in [0.1, 0.15) is 18.1 Å². The van der Waals surface area contributed by atoms with Crippen molar-refractivity contribution in [2.45, 2.75) is 19.9 Å². The molecule has 2 aromatic heterocycles. The number of halogens is 2. The summed E-state index contributed by atoms with van der Waals surface area (Å²) in [5.41, 5.74) is 0.911. The van der Waals surface area contributed by atoms with Crippen LogP contribution in [0.5, 0.6) is 5.75 Å². The first-order chi connectivity index (χ1) is 13.5. The Labute approximate surface area is 161 Å². The van der Waals surface area contributed by atoms with Crippen molar-refractivity contribution in [1.29, 1.82) is 0 Å². The molecule has 3 heterocycles. The van der Waals surface area contributed by atoms with E-state index in [1.165, 1.54) is 6.07 Å². The quantitative estimate of drug-likeness (QED) is 0.730. The highest BCUT2D eigenvalue weighted by molar-refractivity contribution is 5.73. The Balaban J connectivity index is 1.76.